The van der Waals surface area contributed by atoms with Crippen LogP contribution in [0.25, 0.3) is 11.4 Å². The Morgan fingerprint density at radius 2 is 2.38 bits per heavy atom. The van der Waals surface area contributed by atoms with E-state index in [1.807, 2.05) is 12.1 Å². The van der Waals surface area contributed by atoms with Crippen LogP contribution < -0.4 is 5.32 Å². The van der Waals surface area contributed by atoms with Gasteiger partial charge in [0.1, 0.15) is 5.82 Å². The minimum absolute atomic E-state index is 0.331. The van der Waals surface area contributed by atoms with Gasteiger partial charge >= 0.3 is 0 Å². The van der Waals surface area contributed by atoms with Crippen LogP contribution in [0.5, 0.6) is 0 Å². The van der Waals surface area contributed by atoms with Gasteiger partial charge in [-0.2, -0.15) is 5.10 Å². The third kappa shape index (κ3) is 1.69. The number of pyridine rings is 1. The van der Waals surface area contributed by atoms with E-state index in [9.17, 15) is 0 Å². The van der Waals surface area contributed by atoms with Crippen molar-refractivity contribution in [3.8, 4) is 11.4 Å². The highest BCUT2D eigenvalue weighted by Crippen LogP contribution is 2.21. The summed E-state index contributed by atoms with van der Waals surface area (Å²) >= 11 is 0. The molecule has 16 heavy (non-hydrogen) atoms. The first-order valence-corrected chi connectivity index (χ1v) is 5.49. The summed E-state index contributed by atoms with van der Waals surface area (Å²) in [6.07, 6.45) is 5.85. The average molecular weight is 215 g/mol. The molecule has 0 aliphatic carbocycles. The van der Waals surface area contributed by atoms with Crippen molar-refractivity contribution in [3.63, 3.8) is 0 Å². The molecule has 82 valence electrons. The number of hydrogen-bond donors (Lipinski definition) is 2. The lowest BCUT2D eigenvalue weighted by molar-refractivity contribution is 0.608. The number of hydrogen-bond acceptors (Lipinski definition) is 4. The van der Waals surface area contributed by atoms with E-state index in [1.54, 1.807) is 12.4 Å². The van der Waals surface area contributed by atoms with Crippen LogP contribution in [0.2, 0.25) is 0 Å². The van der Waals surface area contributed by atoms with Crippen molar-refractivity contribution in [2.24, 2.45) is 0 Å². The van der Waals surface area contributed by atoms with Gasteiger partial charge in [0.05, 0.1) is 6.04 Å². The standard InChI is InChI=1S/C11H13N5/c1-3-8(7-12-5-1)10-14-11(16-15-10)9-4-2-6-13-9/h1,3,5,7,9,13H,2,4,6H2,(H,14,15,16). The highest BCUT2D eigenvalue weighted by atomic mass is 15.2. The summed E-state index contributed by atoms with van der Waals surface area (Å²) in [6.45, 7) is 1.06. The van der Waals surface area contributed by atoms with Crippen molar-refractivity contribution in [2.75, 3.05) is 6.54 Å². The van der Waals surface area contributed by atoms with Crippen molar-refractivity contribution in [2.45, 2.75) is 18.9 Å². The summed E-state index contributed by atoms with van der Waals surface area (Å²) in [5.74, 6) is 1.65. The van der Waals surface area contributed by atoms with Crippen molar-refractivity contribution in [1.82, 2.24) is 25.5 Å². The molecule has 1 saturated heterocycles. The smallest absolute Gasteiger partial charge is 0.182 e. The number of aromatic nitrogens is 4. The zero-order valence-electron chi connectivity index (χ0n) is 8.85. The van der Waals surface area contributed by atoms with Gasteiger partial charge in [-0.25, -0.2) is 4.98 Å². The van der Waals surface area contributed by atoms with E-state index >= 15 is 0 Å². The maximum atomic E-state index is 4.49. The molecule has 1 aliphatic rings. The van der Waals surface area contributed by atoms with Crippen LogP contribution in [0.15, 0.2) is 24.5 Å². The van der Waals surface area contributed by atoms with Crippen molar-refractivity contribution >= 4 is 0 Å². The summed E-state index contributed by atoms with van der Waals surface area (Å²) in [6, 6.07) is 4.18. The highest BCUT2D eigenvalue weighted by Gasteiger charge is 2.19. The van der Waals surface area contributed by atoms with Crippen LogP contribution in [-0.4, -0.2) is 26.7 Å². The largest absolute Gasteiger partial charge is 0.307 e. The normalized spacial score (nSPS) is 20.1. The van der Waals surface area contributed by atoms with E-state index in [0.717, 1.165) is 30.2 Å². The molecule has 3 heterocycles. The lowest BCUT2D eigenvalue weighted by Crippen LogP contribution is -2.14. The molecule has 2 N–H and O–H groups in total. The molecule has 0 aromatic carbocycles. The fraction of sp³-hybridized carbons (Fsp3) is 0.364. The zero-order chi connectivity index (χ0) is 10.8. The van der Waals surface area contributed by atoms with Crippen LogP contribution in [0.1, 0.15) is 24.7 Å². The van der Waals surface area contributed by atoms with Gasteiger partial charge in [-0.05, 0) is 31.5 Å². The average Bonchev–Trinajstić information content (AvgIpc) is 3.01. The number of rotatable bonds is 2. The molecule has 1 fully saturated rings. The van der Waals surface area contributed by atoms with E-state index in [2.05, 4.69) is 25.5 Å². The second-order valence-electron chi connectivity index (χ2n) is 3.93. The number of aromatic amines is 1. The lowest BCUT2D eigenvalue weighted by atomic mass is 10.2. The maximum Gasteiger partial charge on any atom is 0.182 e. The Morgan fingerprint density at radius 3 is 3.12 bits per heavy atom. The fourth-order valence-corrected chi connectivity index (χ4v) is 1.97. The van der Waals surface area contributed by atoms with Crippen LogP contribution in [0, 0.1) is 0 Å². The summed E-state index contributed by atoms with van der Waals surface area (Å²) < 4.78 is 0. The van der Waals surface area contributed by atoms with Crippen molar-refractivity contribution in [3.05, 3.63) is 30.4 Å². The van der Waals surface area contributed by atoms with E-state index in [0.29, 0.717) is 6.04 Å². The number of nitrogens with one attached hydrogen (secondary N) is 2. The molecule has 2 aromatic heterocycles. The van der Waals surface area contributed by atoms with Gasteiger partial charge in [0, 0.05) is 18.0 Å². The quantitative estimate of drug-likeness (QED) is 0.792. The molecular formula is C11H13N5. The van der Waals surface area contributed by atoms with Gasteiger partial charge in [-0.1, -0.05) is 0 Å². The maximum absolute atomic E-state index is 4.49. The van der Waals surface area contributed by atoms with Gasteiger partial charge in [0.2, 0.25) is 0 Å². The minimum atomic E-state index is 0.331. The SMILES string of the molecule is c1cncc(-c2n[nH]c(C3CCCN3)n2)c1. The number of H-pyrrole nitrogens is 1. The van der Waals surface area contributed by atoms with Crippen LogP contribution >= 0.6 is 0 Å². The predicted molar refractivity (Wildman–Crippen MR) is 59.6 cm³/mol. The van der Waals surface area contributed by atoms with Crippen LogP contribution in [-0.2, 0) is 0 Å². The summed E-state index contributed by atoms with van der Waals surface area (Å²) in [5, 5.41) is 10.6. The summed E-state index contributed by atoms with van der Waals surface area (Å²) in [4.78, 5) is 8.55. The number of nitrogens with zero attached hydrogens (tertiary/aromatic N) is 3. The van der Waals surface area contributed by atoms with E-state index in [4.69, 9.17) is 0 Å². The Bertz CT molecular complexity index is 458. The molecule has 0 radical (unpaired) electrons. The summed E-state index contributed by atoms with van der Waals surface area (Å²) in [7, 11) is 0. The molecule has 0 spiro atoms. The Kier molecular flexibility index (Phi) is 2.38. The van der Waals surface area contributed by atoms with E-state index in [-0.39, 0.29) is 0 Å². The van der Waals surface area contributed by atoms with Gasteiger partial charge in [-0.3, -0.25) is 10.1 Å². The lowest BCUT2D eigenvalue weighted by Gasteiger charge is -2.03. The predicted octanol–water partition coefficient (Wildman–Crippen LogP) is 1.29. The van der Waals surface area contributed by atoms with Gasteiger partial charge < -0.3 is 5.32 Å². The zero-order valence-corrected chi connectivity index (χ0v) is 8.85. The molecule has 3 rings (SSSR count). The molecule has 0 bridgehead atoms. The molecule has 5 nitrogen and oxygen atoms in total. The first kappa shape index (κ1) is 9.47. The third-order valence-corrected chi connectivity index (χ3v) is 2.81. The Morgan fingerprint density at radius 1 is 1.38 bits per heavy atom. The minimum Gasteiger partial charge on any atom is -0.307 e. The van der Waals surface area contributed by atoms with Crippen molar-refractivity contribution < 1.29 is 0 Å². The highest BCUT2D eigenvalue weighted by molar-refractivity contribution is 5.52. The van der Waals surface area contributed by atoms with Crippen molar-refractivity contribution in [1.29, 1.82) is 0 Å². The Labute approximate surface area is 93.3 Å². The third-order valence-electron chi connectivity index (χ3n) is 2.81. The van der Waals surface area contributed by atoms with Gasteiger partial charge in [-0.15, -0.1) is 0 Å². The Hall–Kier alpha value is -1.75. The molecular weight excluding hydrogens is 202 g/mol. The van der Waals surface area contributed by atoms with Gasteiger partial charge in [0.25, 0.3) is 0 Å². The molecule has 1 unspecified atom stereocenters. The molecule has 5 heteroatoms. The fourth-order valence-electron chi connectivity index (χ4n) is 1.97. The molecule has 1 aliphatic heterocycles. The second-order valence-corrected chi connectivity index (χ2v) is 3.93. The molecule has 2 aromatic rings. The Balaban J connectivity index is 1.87. The molecule has 0 saturated carbocycles. The second kappa shape index (κ2) is 4.02. The molecule has 1 atom stereocenters. The topological polar surface area (TPSA) is 66.5 Å². The van der Waals surface area contributed by atoms with E-state index in [1.165, 1.54) is 6.42 Å². The van der Waals surface area contributed by atoms with Crippen LogP contribution in [0.4, 0.5) is 0 Å². The first-order valence-electron chi connectivity index (χ1n) is 5.49. The van der Waals surface area contributed by atoms with E-state index < -0.39 is 0 Å². The monoisotopic (exact) mass is 215 g/mol. The van der Waals surface area contributed by atoms with Gasteiger partial charge in [0.15, 0.2) is 5.82 Å². The summed E-state index contributed by atoms with van der Waals surface area (Å²) in [5.41, 5.74) is 0.947. The first-order chi connectivity index (χ1) is 7.93. The van der Waals surface area contributed by atoms with Crippen LogP contribution in [0.3, 0.4) is 0 Å². The molecule has 0 amide bonds.